The minimum Gasteiger partial charge on any atom is -0.481 e. The SMILES string of the molecule is CCC(=CC=CC1=[N+](CCOCCOCCOCCOCCC(=O)O)c2ccccc2C1(C)CCOCCOCCOCCOC)N(CCOCCOCCOCCOC)c1ccccc1CCCOCCOCCOCCOC. The number of anilines is 1. The van der Waals surface area contributed by atoms with Crippen LogP contribution in [0.25, 0.3) is 0 Å². The van der Waals surface area contributed by atoms with Gasteiger partial charge in [0.2, 0.25) is 5.69 Å². The van der Waals surface area contributed by atoms with Crippen LogP contribution in [0.2, 0.25) is 0 Å². The molecule has 1 atom stereocenters. The Morgan fingerprint density at radius 1 is 0.525 bits per heavy atom. The summed E-state index contributed by atoms with van der Waals surface area (Å²) in [5.41, 5.74) is 6.68. The zero-order valence-corrected chi connectivity index (χ0v) is 49.1. The molecule has 20 nitrogen and oxygen atoms in total. The molecule has 1 unspecified atom stereocenters. The van der Waals surface area contributed by atoms with Crippen molar-refractivity contribution < 1.29 is 90.3 Å². The summed E-state index contributed by atoms with van der Waals surface area (Å²) < 4.78 is 92.5. The maximum atomic E-state index is 10.7. The van der Waals surface area contributed by atoms with E-state index in [1.165, 1.54) is 11.1 Å². The summed E-state index contributed by atoms with van der Waals surface area (Å²) >= 11 is 0. The van der Waals surface area contributed by atoms with Crippen molar-refractivity contribution >= 4 is 23.1 Å². The Kier molecular flexibility index (Phi) is 42.9. The van der Waals surface area contributed by atoms with E-state index in [4.69, 9.17) is 80.9 Å². The van der Waals surface area contributed by atoms with Gasteiger partial charge in [0.1, 0.15) is 6.61 Å². The van der Waals surface area contributed by atoms with E-state index in [0.29, 0.717) is 198 Å². The van der Waals surface area contributed by atoms with Gasteiger partial charge in [0, 0.05) is 70.2 Å². The number of nitrogens with zero attached hydrogens (tertiary/aromatic N) is 2. The first-order chi connectivity index (χ1) is 39.4. The van der Waals surface area contributed by atoms with Crippen molar-refractivity contribution in [1.29, 1.82) is 0 Å². The van der Waals surface area contributed by atoms with Gasteiger partial charge in [-0.05, 0) is 50.3 Å². The van der Waals surface area contributed by atoms with Gasteiger partial charge in [-0.15, -0.1) is 0 Å². The molecule has 1 aliphatic heterocycles. The number of hydrogen-bond donors (Lipinski definition) is 1. The van der Waals surface area contributed by atoms with Crippen LogP contribution < -0.4 is 4.90 Å². The van der Waals surface area contributed by atoms with E-state index in [-0.39, 0.29) is 18.4 Å². The average Bonchev–Trinajstić information content (AvgIpc) is 3.98. The fourth-order valence-electron chi connectivity index (χ4n) is 8.50. The topological polar surface area (TPSA) is 191 Å². The van der Waals surface area contributed by atoms with Crippen LogP contribution in [0.5, 0.6) is 0 Å². The van der Waals surface area contributed by atoms with Crippen molar-refractivity contribution in [1.82, 2.24) is 0 Å². The molecule has 0 aliphatic carbocycles. The smallest absolute Gasteiger partial charge is 0.305 e. The number of methoxy groups -OCH3 is 3. The summed E-state index contributed by atoms with van der Waals surface area (Å²) in [5.74, 6) is -0.884. The number of ether oxygens (including phenoxy) is 16. The van der Waals surface area contributed by atoms with Crippen LogP contribution in [-0.4, -0.2) is 247 Å². The molecular weight excluding hydrogens is 1040 g/mol. The summed E-state index contributed by atoms with van der Waals surface area (Å²) in [7, 11) is 4.97. The van der Waals surface area contributed by atoms with Crippen molar-refractivity contribution in [2.75, 3.05) is 231 Å². The van der Waals surface area contributed by atoms with Crippen LogP contribution in [0, 0.1) is 0 Å². The van der Waals surface area contributed by atoms with Crippen molar-refractivity contribution in [2.24, 2.45) is 0 Å². The second-order valence-electron chi connectivity index (χ2n) is 18.5. The molecule has 80 heavy (non-hydrogen) atoms. The van der Waals surface area contributed by atoms with Gasteiger partial charge in [0.25, 0.3) is 0 Å². The first-order valence-corrected chi connectivity index (χ1v) is 28.6. The molecule has 3 rings (SSSR count). The lowest BCUT2D eigenvalue weighted by atomic mass is 9.76. The fraction of sp³-hybridized carbons (Fsp3) is 0.700. The molecule has 0 amide bonds. The first-order valence-electron chi connectivity index (χ1n) is 28.6. The minimum absolute atomic E-state index is 0.0256. The number of benzene rings is 2. The largest absolute Gasteiger partial charge is 0.481 e. The molecule has 1 heterocycles. The lowest BCUT2D eigenvalue weighted by Gasteiger charge is -2.29. The lowest BCUT2D eigenvalue weighted by Crippen LogP contribution is -2.33. The zero-order valence-electron chi connectivity index (χ0n) is 49.1. The highest BCUT2D eigenvalue weighted by Crippen LogP contribution is 2.42. The van der Waals surface area contributed by atoms with Crippen molar-refractivity contribution in [2.45, 2.75) is 51.4 Å². The normalized spacial score (nSPS) is 14.5. The molecule has 0 saturated carbocycles. The Morgan fingerprint density at radius 3 is 1.45 bits per heavy atom. The van der Waals surface area contributed by atoms with Gasteiger partial charge in [-0.2, -0.15) is 4.58 Å². The molecule has 0 spiro atoms. The second-order valence-corrected chi connectivity index (χ2v) is 18.5. The monoisotopic (exact) mass is 1140 g/mol. The van der Waals surface area contributed by atoms with Crippen molar-refractivity contribution in [3.8, 4) is 0 Å². The molecule has 0 bridgehead atoms. The highest BCUT2D eigenvalue weighted by atomic mass is 16.6. The Morgan fingerprint density at radius 2 is 0.950 bits per heavy atom. The molecule has 0 radical (unpaired) electrons. The third kappa shape index (κ3) is 31.6. The van der Waals surface area contributed by atoms with E-state index in [1.54, 1.807) is 21.3 Å². The summed E-state index contributed by atoms with van der Waals surface area (Å²) in [5, 5.41) is 8.75. The quantitative estimate of drug-likeness (QED) is 0.0437. The Bertz CT molecular complexity index is 1920. The van der Waals surface area contributed by atoms with Gasteiger partial charge < -0.3 is 85.8 Å². The van der Waals surface area contributed by atoms with E-state index in [0.717, 1.165) is 48.5 Å². The number of carboxylic acids is 1. The van der Waals surface area contributed by atoms with Gasteiger partial charge >= 0.3 is 5.97 Å². The molecule has 456 valence electrons. The number of carboxylic acid groups (broad SMARTS) is 1. The molecule has 0 saturated heterocycles. The molecule has 0 fully saturated rings. The second kappa shape index (κ2) is 48.7. The Labute approximate surface area is 477 Å². The minimum atomic E-state index is -0.884. The number of carbonyl (C=O) groups is 1. The van der Waals surface area contributed by atoms with Crippen molar-refractivity contribution in [3.63, 3.8) is 0 Å². The van der Waals surface area contributed by atoms with Gasteiger partial charge in [-0.1, -0.05) is 49.4 Å². The van der Waals surface area contributed by atoms with E-state index >= 15 is 0 Å². The predicted molar refractivity (Wildman–Crippen MR) is 306 cm³/mol. The maximum absolute atomic E-state index is 10.7. The number of allylic oxidation sites excluding steroid dienone is 4. The summed E-state index contributed by atoms with van der Waals surface area (Å²) in [4.78, 5) is 13.0. The lowest BCUT2D eigenvalue weighted by molar-refractivity contribution is -0.442. The molecule has 2 aromatic rings. The third-order valence-electron chi connectivity index (χ3n) is 12.7. The van der Waals surface area contributed by atoms with Crippen LogP contribution in [0.1, 0.15) is 50.7 Å². The van der Waals surface area contributed by atoms with E-state index < -0.39 is 5.97 Å². The van der Waals surface area contributed by atoms with Crippen LogP contribution in [0.4, 0.5) is 11.4 Å². The predicted octanol–water partition coefficient (Wildman–Crippen LogP) is 6.35. The maximum Gasteiger partial charge on any atom is 0.305 e. The van der Waals surface area contributed by atoms with Crippen LogP contribution in [0.15, 0.2) is 72.5 Å². The molecule has 1 aliphatic rings. The summed E-state index contributed by atoms with van der Waals surface area (Å²) in [6.45, 7) is 19.8. The van der Waals surface area contributed by atoms with Gasteiger partial charge in [0.15, 0.2) is 12.3 Å². The van der Waals surface area contributed by atoms with Crippen LogP contribution >= 0.6 is 0 Å². The number of para-hydroxylation sites is 2. The van der Waals surface area contributed by atoms with Crippen LogP contribution in [0.3, 0.4) is 0 Å². The molecule has 2 aromatic carbocycles. The number of aliphatic carboxylic acids is 1. The average molecular weight is 1140 g/mol. The Balaban J connectivity index is 1.78. The number of aryl methyl sites for hydroxylation is 1. The molecular formula is C60H99N2O18+. The third-order valence-corrected chi connectivity index (χ3v) is 12.7. The molecule has 0 aromatic heterocycles. The number of fused-ring (bicyclic) bond motifs is 1. The van der Waals surface area contributed by atoms with Crippen LogP contribution in [-0.2, 0) is 92.4 Å². The molecule has 20 heteroatoms. The summed E-state index contributed by atoms with van der Waals surface area (Å²) in [6, 6.07) is 17.2. The Hall–Kier alpha value is -3.78. The van der Waals surface area contributed by atoms with Crippen molar-refractivity contribution in [3.05, 3.63) is 83.6 Å². The number of rotatable bonds is 57. The van der Waals surface area contributed by atoms with E-state index in [1.807, 2.05) is 0 Å². The van der Waals surface area contributed by atoms with Gasteiger partial charge in [0.05, 0.1) is 184 Å². The first kappa shape index (κ1) is 70.5. The standard InChI is InChI=1S/C60H98N2O18/c1-6-54(61(22-27-71-38-43-79-50-47-75-34-31-67-5)56-17-9-7-13-53(56)14-12-24-68-35-40-76-48-45-73-32-29-65-3)15-11-19-58-60(2,21-26-70-37-42-78-49-46-74-33-30-66-4)55-16-8-10-18-57(55)62(58)23-28-72-39-44-80-52-51-77-41-36-69-25-20-59(63)64/h7-11,13,15-19H,6,12,14,20-52H2,1-5H3/p+1. The zero-order chi connectivity index (χ0) is 57.2. The highest BCUT2D eigenvalue weighted by molar-refractivity contribution is 6.03. The highest BCUT2D eigenvalue weighted by Gasteiger charge is 2.47. The number of hydrogen-bond acceptors (Lipinski definition) is 18. The fourth-order valence-corrected chi connectivity index (χ4v) is 8.50. The van der Waals surface area contributed by atoms with Gasteiger partial charge in [-0.25, -0.2) is 0 Å². The van der Waals surface area contributed by atoms with E-state index in [9.17, 15) is 4.79 Å². The molecule has 1 N–H and O–H groups in total. The van der Waals surface area contributed by atoms with E-state index in [2.05, 4.69) is 90.1 Å². The van der Waals surface area contributed by atoms with Gasteiger partial charge in [-0.3, -0.25) is 4.79 Å². The summed E-state index contributed by atoms with van der Waals surface area (Å²) in [6.07, 6.45) is 9.88.